The van der Waals surface area contributed by atoms with E-state index in [1.807, 2.05) is 0 Å². The second-order valence-corrected chi connectivity index (χ2v) is 7.52. The molecule has 1 unspecified atom stereocenters. The Balaban J connectivity index is 2.31. The van der Waals surface area contributed by atoms with Crippen LogP contribution in [0.25, 0.3) is 0 Å². The zero-order chi connectivity index (χ0) is 27.2. The van der Waals surface area contributed by atoms with Crippen LogP contribution in [0.5, 0.6) is 0 Å². The number of carbonyl (C=O) groups is 2. The second kappa shape index (κ2) is 8.16. The van der Waals surface area contributed by atoms with E-state index in [4.69, 9.17) is 17.7 Å². The van der Waals surface area contributed by atoms with Gasteiger partial charge < -0.3 is 34.6 Å². The van der Waals surface area contributed by atoms with Gasteiger partial charge >= 0.3 is 11.9 Å². The van der Waals surface area contributed by atoms with Crippen molar-refractivity contribution in [3.8, 4) is 0 Å². The molecule has 0 aromatic rings. The number of fused-ring (bicyclic) bond motifs is 1. The minimum absolute atomic E-state index is 0.0245. The van der Waals surface area contributed by atoms with Gasteiger partial charge in [0.2, 0.25) is 5.60 Å². The molecular formula is C20H31NO8. The number of hydroxylamine groups is 3. The maximum absolute atomic E-state index is 13.1. The van der Waals surface area contributed by atoms with Gasteiger partial charge in [0.1, 0.15) is 12.2 Å². The molecule has 164 valence electrons. The molecule has 0 radical (unpaired) electrons. The Morgan fingerprint density at radius 1 is 1.48 bits per heavy atom. The van der Waals surface area contributed by atoms with Crippen LogP contribution in [-0.2, 0) is 19.1 Å². The highest BCUT2D eigenvalue weighted by Gasteiger charge is 2.55. The third-order valence-electron chi connectivity index (χ3n) is 5.54. The predicted octanol–water partition coefficient (Wildman–Crippen LogP) is 0.317. The number of esters is 2. The predicted molar refractivity (Wildman–Crippen MR) is 103 cm³/mol. The first-order chi connectivity index (χ1) is 15.8. The molecule has 2 aliphatic rings. The number of carbonyl (C=O) groups excluding carboxylic acids is 2. The molecule has 0 aromatic heterocycles. The van der Waals surface area contributed by atoms with Gasteiger partial charge in [-0.1, -0.05) is 6.08 Å². The fraction of sp³-hybridized carbons (Fsp3) is 0.700. The second-order valence-electron chi connectivity index (χ2n) is 7.52. The monoisotopic (exact) mass is 419 g/mol. The molecule has 0 amide bonds. The first-order valence-electron chi connectivity index (χ1n) is 12.2. The first-order valence-corrected chi connectivity index (χ1v) is 9.18. The molecule has 2 rings (SSSR count). The topological polar surface area (TPSA) is 136 Å². The number of ether oxygens (including phenoxy) is 2. The normalized spacial score (nSPS) is 34.2. The molecule has 2 heterocycles. The van der Waals surface area contributed by atoms with E-state index in [-0.39, 0.29) is 25.1 Å². The van der Waals surface area contributed by atoms with Gasteiger partial charge in [-0.25, -0.2) is 9.59 Å². The summed E-state index contributed by atoms with van der Waals surface area (Å²) >= 11 is 0. The van der Waals surface area contributed by atoms with Crippen molar-refractivity contribution in [2.45, 2.75) is 70.3 Å². The molecular weight excluding hydrogens is 382 g/mol. The number of hydrogen-bond acceptors (Lipinski definition) is 8. The summed E-state index contributed by atoms with van der Waals surface area (Å²) in [6, 6.07) is -0.944. The van der Waals surface area contributed by atoms with Gasteiger partial charge in [0.15, 0.2) is 12.1 Å². The molecule has 5 atom stereocenters. The van der Waals surface area contributed by atoms with E-state index in [9.17, 15) is 30.1 Å². The van der Waals surface area contributed by atoms with E-state index < -0.39 is 66.3 Å². The lowest BCUT2D eigenvalue weighted by Crippen LogP contribution is -2.63. The molecule has 1 saturated heterocycles. The van der Waals surface area contributed by atoms with Crippen molar-refractivity contribution >= 4 is 11.9 Å². The van der Waals surface area contributed by atoms with Crippen LogP contribution in [0.4, 0.5) is 0 Å². The van der Waals surface area contributed by atoms with Gasteiger partial charge in [0.25, 0.3) is 0 Å². The van der Waals surface area contributed by atoms with Gasteiger partial charge in [0.05, 0.1) is 19.2 Å². The summed E-state index contributed by atoms with van der Waals surface area (Å²) in [5.74, 6) is -2.53. The van der Waals surface area contributed by atoms with Crippen LogP contribution in [0.2, 0.25) is 0 Å². The van der Waals surface area contributed by atoms with Crippen molar-refractivity contribution in [3.05, 3.63) is 28.5 Å². The quantitative estimate of drug-likeness (QED) is 0.176. The number of aliphatic hydroxyl groups excluding tert-OH is 1. The Hall–Kier alpha value is -1.78. The van der Waals surface area contributed by atoms with Crippen molar-refractivity contribution in [1.29, 1.82) is 0 Å². The molecule has 0 bridgehead atoms. The number of rotatable bonds is 7. The molecule has 2 aliphatic heterocycles. The lowest BCUT2D eigenvalue weighted by atomic mass is 9.81. The van der Waals surface area contributed by atoms with E-state index in [1.54, 1.807) is 6.92 Å². The summed E-state index contributed by atoms with van der Waals surface area (Å²) in [4.78, 5) is 25.1. The summed E-state index contributed by atoms with van der Waals surface area (Å²) < 4.78 is 54.5. The molecule has 0 spiro atoms. The molecule has 9 heteroatoms. The van der Waals surface area contributed by atoms with Crippen molar-refractivity contribution in [2.24, 2.45) is 0 Å². The third kappa shape index (κ3) is 4.24. The van der Waals surface area contributed by atoms with E-state index in [1.165, 1.54) is 19.1 Å². The number of hydrogen-bond donors (Lipinski definition) is 3. The van der Waals surface area contributed by atoms with Crippen LogP contribution in [0.15, 0.2) is 23.3 Å². The van der Waals surface area contributed by atoms with Gasteiger partial charge in [-0.2, -0.15) is 0 Å². The van der Waals surface area contributed by atoms with Gasteiger partial charge in [-0.05, 0) is 40.6 Å². The number of quaternary nitrogens is 1. The number of allylic oxidation sites excluding steroid dienone is 1. The Labute approximate surface area is 178 Å². The minimum Gasteiger partial charge on any atom is -0.632 e. The van der Waals surface area contributed by atoms with Crippen molar-refractivity contribution in [1.82, 2.24) is 0 Å². The molecule has 3 N–H and O–H groups in total. The van der Waals surface area contributed by atoms with Gasteiger partial charge in [0, 0.05) is 25.8 Å². The summed E-state index contributed by atoms with van der Waals surface area (Å²) in [6.07, 6.45) is 0.000616. The van der Waals surface area contributed by atoms with E-state index in [0.29, 0.717) is 5.57 Å². The lowest BCUT2D eigenvalue weighted by Gasteiger charge is -2.41. The maximum atomic E-state index is 13.1. The highest BCUT2D eigenvalue weighted by molar-refractivity contribution is 5.87. The van der Waals surface area contributed by atoms with Gasteiger partial charge in [-0.3, -0.25) is 0 Å². The lowest BCUT2D eigenvalue weighted by molar-refractivity contribution is -0.877. The Kier molecular flexibility index (Phi) is 4.49. The van der Waals surface area contributed by atoms with Crippen LogP contribution in [0.3, 0.4) is 0 Å². The highest BCUT2D eigenvalue weighted by atomic mass is 16.6. The summed E-state index contributed by atoms with van der Waals surface area (Å²) in [5.41, 5.74) is -7.33. The number of aliphatic hydroxyl groups is 3. The van der Waals surface area contributed by atoms with E-state index in [0.717, 1.165) is 6.92 Å². The minimum atomic E-state index is -4.09. The van der Waals surface area contributed by atoms with E-state index >= 15 is 0 Å². The van der Waals surface area contributed by atoms with Crippen LogP contribution in [0, 0.1) is 5.21 Å². The average molecular weight is 420 g/mol. The van der Waals surface area contributed by atoms with Crippen LogP contribution in [-0.4, -0.2) is 81.1 Å². The highest BCUT2D eigenvalue weighted by Crippen LogP contribution is 2.38. The molecule has 0 saturated carbocycles. The maximum Gasteiger partial charge on any atom is 0.344 e. The van der Waals surface area contributed by atoms with Gasteiger partial charge in [-0.15, -0.1) is 0 Å². The van der Waals surface area contributed by atoms with Crippen molar-refractivity contribution < 1.29 is 47.3 Å². The third-order valence-corrected chi connectivity index (χ3v) is 5.54. The van der Waals surface area contributed by atoms with E-state index in [2.05, 4.69) is 0 Å². The SMILES string of the molecule is [2H]C([2H])([2H])C(O)(C([2H])([2H])[2H])[C@@](O)(C(=O)OCC1=CC[N+]2([O-])CC[C@@H](OC(=O)/C(C)=C\C)[C@@H]12)[C@H](C)O. The number of nitrogens with zero attached hydrogens (tertiary/aromatic N) is 1. The Bertz CT molecular complexity index is 900. The summed E-state index contributed by atoms with van der Waals surface area (Å²) in [6.45, 7) is -4.38. The summed E-state index contributed by atoms with van der Waals surface area (Å²) in [5, 5.41) is 44.7. The molecule has 29 heavy (non-hydrogen) atoms. The molecule has 0 aromatic carbocycles. The van der Waals surface area contributed by atoms with Crippen LogP contribution < -0.4 is 0 Å². The first kappa shape index (κ1) is 16.0. The zero-order valence-corrected chi connectivity index (χ0v) is 16.5. The fourth-order valence-corrected chi connectivity index (χ4v) is 3.58. The fourth-order valence-electron chi connectivity index (χ4n) is 3.58. The Morgan fingerprint density at radius 2 is 2.14 bits per heavy atom. The largest absolute Gasteiger partial charge is 0.632 e. The van der Waals surface area contributed by atoms with Crippen molar-refractivity contribution in [3.63, 3.8) is 0 Å². The summed E-state index contributed by atoms with van der Waals surface area (Å²) in [7, 11) is 0. The average Bonchev–Trinajstić information content (AvgIpc) is 3.23. The van der Waals surface area contributed by atoms with Crippen LogP contribution in [0.1, 0.15) is 49.1 Å². The van der Waals surface area contributed by atoms with Crippen LogP contribution >= 0.6 is 0 Å². The molecule has 9 nitrogen and oxygen atoms in total. The molecule has 0 aliphatic carbocycles. The molecule has 1 fully saturated rings. The van der Waals surface area contributed by atoms with Crippen molar-refractivity contribution in [2.75, 3.05) is 19.7 Å². The zero-order valence-electron chi connectivity index (χ0n) is 22.5. The smallest absolute Gasteiger partial charge is 0.344 e. The Morgan fingerprint density at radius 3 is 2.69 bits per heavy atom. The standard InChI is InChI=1S/C20H31NO8/c1-6-12(2)17(23)29-15-8-10-21(27)9-7-14(16(15)21)11-28-18(24)20(26,13(3)22)19(4,5)25/h6-7,13,15-16,22,25-26H,8-11H2,1-5H3/b12-6-/t13-,15+,16+,20-,21?/m0/s1/i4D3,5D3.